The van der Waals surface area contributed by atoms with Gasteiger partial charge >= 0.3 is 0 Å². The van der Waals surface area contributed by atoms with Gasteiger partial charge in [-0.25, -0.2) is 4.98 Å². The van der Waals surface area contributed by atoms with E-state index in [4.69, 9.17) is 17.0 Å². The van der Waals surface area contributed by atoms with Crippen molar-refractivity contribution in [3.05, 3.63) is 48.2 Å². The number of aromatic nitrogens is 1. The van der Waals surface area contributed by atoms with E-state index in [2.05, 4.69) is 44.8 Å². The van der Waals surface area contributed by atoms with Gasteiger partial charge in [-0.2, -0.15) is 0 Å². The lowest BCUT2D eigenvalue weighted by Crippen LogP contribution is -2.29. The number of hydrogen-bond donors (Lipinski definition) is 2. The van der Waals surface area contributed by atoms with Gasteiger partial charge in [-0.15, -0.1) is 0 Å². The van der Waals surface area contributed by atoms with Gasteiger partial charge in [-0.3, -0.25) is 0 Å². The Morgan fingerprint density at radius 2 is 1.88 bits per heavy atom. The van der Waals surface area contributed by atoms with Crippen molar-refractivity contribution in [3.63, 3.8) is 0 Å². The third-order valence-electron chi connectivity index (χ3n) is 4.31. The Morgan fingerprint density at radius 1 is 1.12 bits per heavy atom. The Balaban J connectivity index is 1.47. The molecule has 1 aliphatic heterocycles. The van der Waals surface area contributed by atoms with Crippen LogP contribution in [0.1, 0.15) is 24.8 Å². The maximum absolute atomic E-state index is 5.34. The molecule has 0 amide bonds. The highest BCUT2D eigenvalue weighted by Gasteiger charge is 2.10. The second kappa shape index (κ2) is 8.67. The zero-order valence-corrected chi connectivity index (χ0v) is 15.3. The molecule has 132 valence electrons. The average molecular weight is 356 g/mol. The molecule has 0 aliphatic carbocycles. The number of thiocarbonyl (C=S) groups is 1. The first-order valence-electron chi connectivity index (χ1n) is 8.63. The Bertz CT molecular complexity index is 682. The molecule has 1 aliphatic rings. The van der Waals surface area contributed by atoms with Crippen LogP contribution in [0.2, 0.25) is 0 Å². The fraction of sp³-hybridized carbons (Fsp3) is 0.368. The topological polar surface area (TPSA) is 49.4 Å². The molecule has 1 aromatic carbocycles. The van der Waals surface area contributed by atoms with Gasteiger partial charge in [0.25, 0.3) is 0 Å². The van der Waals surface area contributed by atoms with Gasteiger partial charge < -0.3 is 20.3 Å². The van der Waals surface area contributed by atoms with Gasteiger partial charge in [0, 0.05) is 31.4 Å². The zero-order chi connectivity index (χ0) is 17.5. The predicted octanol–water partition coefficient (Wildman–Crippen LogP) is 3.57. The number of piperidine rings is 1. The fourth-order valence-corrected chi connectivity index (χ4v) is 3.10. The van der Waals surface area contributed by atoms with Crippen molar-refractivity contribution < 1.29 is 4.74 Å². The van der Waals surface area contributed by atoms with E-state index < -0.39 is 0 Å². The van der Waals surface area contributed by atoms with Crippen LogP contribution in [0.15, 0.2) is 42.6 Å². The van der Waals surface area contributed by atoms with Crippen molar-refractivity contribution in [1.29, 1.82) is 0 Å². The van der Waals surface area contributed by atoms with E-state index in [0.29, 0.717) is 17.5 Å². The highest BCUT2D eigenvalue weighted by atomic mass is 32.1. The summed E-state index contributed by atoms with van der Waals surface area (Å²) in [6.07, 6.45) is 5.64. The van der Waals surface area contributed by atoms with Crippen molar-refractivity contribution in [2.24, 2.45) is 0 Å². The van der Waals surface area contributed by atoms with Crippen molar-refractivity contribution in [2.45, 2.75) is 25.8 Å². The summed E-state index contributed by atoms with van der Waals surface area (Å²) >= 11 is 5.34. The molecule has 0 spiro atoms. The smallest absolute Gasteiger partial charge is 0.213 e. The van der Waals surface area contributed by atoms with Crippen LogP contribution in [-0.4, -0.2) is 30.3 Å². The van der Waals surface area contributed by atoms with Gasteiger partial charge in [0.15, 0.2) is 5.11 Å². The Hall–Kier alpha value is -2.34. The number of methoxy groups -OCH3 is 1. The second-order valence-electron chi connectivity index (χ2n) is 6.11. The Kier molecular flexibility index (Phi) is 6.06. The summed E-state index contributed by atoms with van der Waals surface area (Å²) in [6.45, 7) is 3.03. The number of hydrogen-bond acceptors (Lipinski definition) is 4. The number of nitrogens with zero attached hydrogens (tertiary/aromatic N) is 2. The minimum absolute atomic E-state index is 0.576. The van der Waals surface area contributed by atoms with Crippen LogP contribution in [0, 0.1) is 0 Å². The van der Waals surface area contributed by atoms with Gasteiger partial charge in [0.05, 0.1) is 19.0 Å². The molecule has 0 saturated carbocycles. The number of anilines is 2. The lowest BCUT2D eigenvalue weighted by molar-refractivity contribution is 0.398. The van der Waals surface area contributed by atoms with Crippen LogP contribution in [0.5, 0.6) is 5.88 Å². The van der Waals surface area contributed by atoms with Crippen molar-refractivity contribution >= 4 is 28.7 Å². The van der Waals surface area contributed by atoms with Crippen LogP contribution >= 0.6 is 12.2 Å². The van der Waals surface area contributed by atoms with E-state index >= 15 is 0 Å². The summed E-state index contributed by atoms with van der Waals surface area (Å²) < 4.78 is 5.04. The second-order valence-corrected chi connectivity index (χ2v) is 6.52. The minimum Gasteiger partial charge on any atom is -0.481 e. The summed E-state index contributed by atoms with van der Waals surface area (Å²) in [6, 6.07) is 12.4. The third kappa shape index (κ3) is 5.06. The molecule has 0 unspecified atom stereocenters. The normalized spacial score (nSPS) is 14.0. The van der Waals surface area contributed by atoms with Crippen LogP contribution < -0.4 is 20.3 Å². The highest BCUT2D eigenvalue weighted by Crippen LogP contribution is 2.20. The first-order valence-corrected chi connectivity index (χ1v) is 9.04. The number of pyridine rings is 1. The van der Waals surface area contributed by atoms with E-state index in [-0.39, 0.29) is 0 Å². The van der Waals surface area contributed by atoms with Gasteiger partial charge in [0.2, 0.25) is 5.88 Å². The van der Waals surface area contributed by atoms with Crippen molar-refractivity contribution in [2.75, 3.05) is 30.4 Å². The molecule has 1 aromatic heterocycles. The SMILES string of the molecule is COc1ccc(NC(=S)NCc2ccc(N3CCCCC3)cc2)cn1. The van der Waals surface area contributed by atoms with Gasteiger partial charge in [-0.05, 0) is 55.2 Å². The van der Waals surface area contributed by atoms with Crippen LogP contribution in [-0.2, 0) is 6.54 Å². The molecule has 6 heteroatoms. The average Bonchev–Trinajstić information content (AvgIpc) is 2.68. The molecule has 3 rings (SSSR count). The highest BCUT2D eigenvalue weighted by molar-refractivity contribution is 7.80. The first-order chi connectivity index (χ1) is 12.2. The standard InChI is InChI=1S/C19H24N4OS/c1-24-18-10-7-16(14-20-18)22-19(25)21-13-15-5-8-17(9-6-15)23-11-3-2-4-12-23/h5-10,14H,2-4,11-13H2,1H3,(H2,21,22,25). The van der Waals surface area contributed by atoms with Crippen molar-refractivity contribution in [1.82, 2.24) is 10.3 Å². The van der Waals surface area contributed by atoms with E-state index in [0.717, 1.165) is 5.69 Å². The Morgan fingerprint density at radius 3 is 2.52 bits per heavy atom. The monoisotopic (exact) mass is 356 g/mol. The molecule has 0 atom stereocenters. The quantitative estimate of drug-likeness (QED) is 0.799. The third-order valence-corrected chi connectivity index (χ3v) is 4.56. The summed E-state index contributed by atoms with van der Waals surface area (Å²) in [5.41, 5.74) is 3.35. The van der Waals surface area contributed by atoms with Gasteiger partial charge in [0.1, 0.15) is 0 Å². The Labute approximate surface area is 154 Å². The summed E-state index contributed by atoms with van der Waals surface area (Å²) in [4.78, 5) is 6.61. The lowest BCUT2D eigenvalue weighted by atomic mass is 10.1. The van der Waals surface area contributed by atoms with Gasteiger partial charge in [-0.1, -0.05) is 12.1 Å². The number of nitrogens with one attached hydrogen (secondary N) is 2. The molecule has 0 radical (unpaired) electrons. The molecule has 25 heavy (non-hydrogen) atoms. The van der Waals surface area contributed by atoms with Crippen LogP contribution in [0.3, 0.4) is 0 Å². The molecule has 2 N–H and O–H groups in total. The summed E-state index contributed by atoms with van der Waals surface area (Å²) in [5, 5.41) is 6.92. The fourth-order valence-electron chi connectivity index (χ4n) is 2.91. The van der Waals surface area contributed by atoms with Crippen LogP contribution in [0.25, 0.3) is 0 Å². The molecular weight excluding hydrogens is 332 g/mol. The predicted molar refractivity (Wildman–Crippen MR) is 106 cm³/mol. The first kappa shape index (κ1) is 17.5. The molecule has 0 bridgehead atoms. The maximum Gasteiger partial charge on any atom is 0.213 e. The van der Waals surface area contributed by atoms with Crippen molar-refractivity contribution in [3.8, 4) is 5.88 Å². The summed E-state index contributed by atoms with van der Waals surface area (Å²) in [7, 11) is 1.60. The molecule has 2 aromatic rings. The largest absolute Gasteiger partial charge is 0.481 e. The number of rotatable bonds is 5. The molecule has 5 nitrogen and oxygen atoms in total. The molecular formula is C19H24N4OS. The summed E-state index contributed by atoms with van der Waals surface area (Å²) in [5.74, 6) is 0.582. The van der Waals surface area contributed by atoms with E-state index in [9.17, 15) is 0 Å². The number of ether oxygens (including phenoxy) is 1. The lowest BCUT2D eigenvalue weighted by Gasteiger charge is -2.28. The van der Waals surface area contributed by atoms with E-state index in [1.54, 1.807) is 19.4 Å². The maximum atomic E-state index is 5.34. The number of benzene rings is 1. The van der Waals surface area contributed by atoms with Crippen LogP contribution in [0.4, 0.5) is 11.4 Å². The molecule has 2 heterocycles. The van der Waals surface area contributed by atoms with E-state index in [1.807, 2.05) is 6.07 Å². The van der Waals surface area contributed by atoms with E-state index in [1.165, 1.54) is 43.6 Å². The molecule has 1 fully saturated rings. The zero-order valence-electron chi connectivity index (χ0n) is 14.5. The minimum atomic E-state index is 0.576. The molecule has 1 saturated heterocycles.